The largest absolute Gasteiger partial charge is 0.381 e. The second-order valence-electron chi connectivity index (χ2n) is 6.22. The van der Waals surface area contributed by atoms with E-state index in [1.54, 1.807) is 7.05 Å². The molecule has 0 aliphatic carbocycles. The van der Waals surface area contributed by atoms with Crippen LogP contribution in [0.2, 0.25) is 0 Å². The zero-order chi connectivity index (χ0) is 18.1. The number of nitrogens with one attached hydrogen (secondary N) is 2. The summed E-state index contributed by atoms with van der Waals surface area (Å²) >= 11 is 0. The molecule has 0 atom stereocenters. The molecular weight excluding hydrogens is 450 g/mol. The Kier molecular flexibility index (Phi) is 10.5. The minimum absolute atomic E-state index is 0. The third kappa shape index (κ3) is 7.86. The lowest BCUT2D eigenvalue weighted by molar-refractivity contribution is -0.115. The maximum atomic E-state index is 12.9. The highest BCUT2D eigenvalue weighted by Gasteiger charge is 2.15. The van der Waals surface area contributed by atoms with Gasteiger partial charge in [-0.1, -0.05) is 0 Å². The Balaban J connectivity index is 0.00000338. The fraction of sp³-hybridized carbons (Fsp3) is 0.556. The van der Waals surface area contributed by atoms with Crippen molar-refractivity contribution in [2.24, 2.45) is 10.9 Å². The maximum absolute atomic E-state index is 12.9. The molecule has 0 radical (unpaired) electrons. The Morgan fingerprint density at radius 3 is 2.58 bits per heavy atom. The monoisotopic (exact) mass is 478 g/mol. The molecule has 1 aromatic rings. The predicted octanol–water partition coefficient (Wildman–Crippen LogP) is 2.71. The van der Waals surface area contributed by atoms with Gasteiger partial charge in [-0.25, -0.2) is 4.39 Å². The van der Waals surface area contributed by atoms with Crippen molar-refractivity contribution in [2.75, 3.05) is 45.7 Å². The number of hydrogen-bond donors (Lipinski definition) is 2. The Morgan fingerprint density at radius 1 is 1.31 bits per heavy atom. The van der Waals surface area contributed by atoms with Crippen LogP contribution in [0.1, 0.15) is 19.3 Å². The van der Waals surface area contributed by atoms with Crippen LogP contribution in [-0.4, -0.2) is 57.2 Å². The molecule has 0 spiro atoms. The topological polar surface area (TPSA) is 66.0 Å². The van der Waals surface area contributed by atoms with Gasteiger partial charge in [0, 0.05) is 39.5 Å². The van der Waals surface area contributed by atoms with Gasteiger partial charge in [0.25, 0.3) is 0 Å². The van der Waals surface area contributed by atoms with Crippen molar-refractivity contribution in [3.05, 3.63) is 30.1 Å². The molecule has 0 bridgehead atoms. The molecule has 1 amide bonds. The van der Waals surface area contributed by atoms with Crippen LogP contribution in [-0.2, 0) is 9.53 Å². The van der Waals surface area contributed by atoms with Crippen molar-refractivity contribution in [3.63, 3.8) is 0 Å². The Hall–Kier alpha value is -1.42. The SMILES string of the molecule is CN=C(NCC(=O)Nc1ccc(F)cc1)N(C)CCC1CCOCC1.I. The van der Waals surface area contributed by atoms with Crippen molar-refractivity contribution >= 4 is 41.5 Å². The van der Waals surface area contributed by atoms with Gasteiger partial charge in [-0.2, -0.15) is 0 Å². The van der Waals surface area contributed by atoms with E-state index in [0.29, 0.717) is 17.6 Å². The Labute approximate surface area is 171 Å². The Morgan fingerprint density at radius 2 is 1.96 bits per heavy atom. The standard InChI is InChI=1S/C18H27FN4O2.HI/c1-20-18(23(2)10-7-14-8-11-25-12-9-14)21-13-17(24)22-16-5-3-15(19)4-6-16;/h3-6,14H,7-13H2,1-2H3,(H,20,21)(H,22,24);1H. The molecule has 1 aromatic carbocycles. The van der Waals surface area contributed by atoms with Gasteiger partial charge >= 0.3 is 0 Å². The third-order valence-corrected chi connectivity index (χ3v) is 4.32. The van der Waals surface area contributed by atoms with Crippen LogP contribution in [0.3, 0.4) is 0 Å². The summed E-state index contributed by atoms with van der Waals surface area (Å²) < 4.78 is 18.2. The first-order valence-corrected chi connectivity index (χ1v) is 8.63. The molecule has 26 heavy (non-hydrogen) atoms. The summed E-state index contributed by atoms with van der Waals surface area (Å²) in [4.78, 5) is 18.2. The van der Waals surface area contributed by atoms with E-state index >= 15 is 0 Å². The van der Waals surface area contributed by atoms with Gasteiger partial charge in [0.15, 0.2) is 5.96 Å². The smallest absolute Gasteiger partial charge is 0.243 e. The van der Waals surface area contributed by atoms with Crippen molar-refractivity contribution in [2.45, 2.75) is 19.3 Å². The number of nitrogens with zero attached hydrogens (tertiary/aromatic N) is 2. The van der Waals surface area contributed by atoms with Gasteiger partial charge in [0.2, 0.25) is 5.91 Å². The molecule has 1 heterocycles. The average Bonchev–Trinajstić information content (AvgIpc) is 2.63. The number of rotatable bonds is 6. The van der Waals surface area contributed by atoms with Crippen molar-refractivity contribution < 1.29 is 13.9 Å². The van der Waals surface area contributed by atoms with E-state index < -0.39 is 0 Å². The number of carbonyl (C=O) groups is 1. The minimum atomic E-state index is -0.331. The highest BCUT2D eigenvalue weighted by Crippen LogP contribution is 2.18. The minimum Gasteiger partial charge on any atom is -0.381 e. The summed E-state index contributed by atoms with van der Waals surface area (Å²) in [6.45, 7) is 2.69. The number of hydrogen-bond acceptors (Lipinski definition) is 3. The first-order chi connectivity index (χ1) is 12.1. The van der Waals surface area contributed by atoms with E-state index in [1.807, 2.05) is 11.9 Å². The number of ether oxygens (including phenoxy) is 1. The summed E-state index contributed by atoms with van der Waals surface area (Å²) in [7, 11) is 3.66. The van der Waals surface area contributed by atoms with Gasteiger partial charge in [0.1, 0.15) is 5.82 Å². The third-order valence-electron chi connectivity index (χ3n) is 4.32. The zero-order valence-electron chi connectivity index (χ0n) is 15.3. The molecule has 0 aromatic heterocycles. The molecular formula is C18H28FIN4O2. The second kappa shape index (κ2) is 12.1. The van der Waals surface area contributed by atoms with E-state index in [-0.39, 0.29) is 42.2 Å². The van der Waals surface area contributed by atoms with Gasteiger partial charge in [0.05, 0.1) is 6.54 Å². The zero-order valence-corrected chi connectivity index (χ0v) is 17.7. The van der Waals surface area contributed by atoms with E-state index in [9.17, 15) is 9.18 Å². The van der Waals surface area contributed by atoms with Crippen LogP contribution < -0.4 is 10.6 Å². The maximum Gasteiger partial charge on any atom is 0.243 e. The molecule has 1 saturated heterocycles. The molecule has 146 valence electrons. The van der Waals surface area contributed by atoms with Crippen LogP contribution in [0.4, 0.5) is 10.1 Å². The van der Waals surface area contributed by atoms with Crippen molar-refractivity contribution in [1.29, 1.82) is 0 Å². The van der Waals surface area contributed by atoms with E-state index in [2.05, 4.69) is 15.6 Å². The summed E-state index contributed by atoms with van der Waals surface area (Å²) in [5.41, 5.74) is 0.566. The van der Waals surface area contributed by atoms with Gasteiger partial charge in [-0.05, 0) is 49.4 Å². The van der Waals surface area contributed by atoms with Crippen LogP contribution in [0.15, 0.2) is 29.3 Å². The van der Waals surface area contributed by atoms with Crippen LogP contribution in [0.5, 0.6) is 0 Å². The molecule has 2 N–H and O–H groups in total. The second-order valence-corrected chi connectivity index (χ2v) is 6.22. The molecule has 1 aliphatic rings. The molecule has 6 nitrogen and oxygen atoms in total. The lowest BCUT2D eigenvalue weighted by atomic mass is 9.96. The summed E-state index contributed by atoms with van der Waals surface area (Å²) in [5, 5.41) is 5.77. The molecule has 0 saturated carbocycles. The quantitative estimate of drug-likeness (QED) is 0.375. The molecule has 1 aliphatic heterocycles. The molecule has 2 rings (SSSR count). The highest BCUT2D eigenvalue weighted by atomic mass is 127. The van der Waals surface area contributed by atoms with Crippen LogP contribution in [0.25, 0.3) is 0 Å². The van der Waals surface area contributed by atoms with E-state index in [1.165, 1.54) is 24.3 Å². The predicted molar refractivity (Wildman–Crippen MR) is 113 cm³/mol. The lowest BCUT2D eigenvalue weighted by Crippen LogP contribution is -2.43. The number of guanidine groups is 1. The van der Waals surface area contributed by atoms with Crippen molar-refractivity contribution in [1.82, 2.24) is 10.2 Å². The highest BCUT2D eigenvalue weighted by molar-refractivity contribution is 14.0. The van der Waals surface area contributed by atoms with E-state index in [0.717, 1.165) is 39.0 Å². The molecule has 8 heteroatoms. The normalized spacial score (nSPS) is 15.1. The number of aliphatic imine (C=N–C) groups is 1. The number of halogens is 2. The van der Waals surface area contributed by atoms with E-state index in [4.69, 9.17) is 4.74 Å². The summed E-state index contributed by atoms with van der Waals surface area (Å²) in [5.74, 6) is 0.839. The lowest BCUT2D eigenvalue weighted by Gasteiger charge is -2.26. The van der Waals surface area contributed by atoms with Crippen LogP contribution in [0, 0.1) is 11.7 Å². The number of carbonyl (C=O) groups excluding carboxylic acids is 1. The molecule has 0 unspecified atom stereocenters. The summed E-state index contributed by atoms with van der Waals surface area (Å²) in [6.07, 6.45) is 3.31. The summed E-state index contributed by atoms with van der Waals surface area (Å²) in [6, 6.07) is 5.68. The van der Waals surface area contributed by atoms with Gasteiger partial charge < -0.3 is 20.3 Å². The van der Waals surface area contributed by atoms with Gasteiger partial charge in [-0.3, -0.25) is 9.79 Å². The number of anilines is 1. The fourth-order valence-corrected chi connectivity index (χ4v) is 2.80. The van der Waals surface area contributed by atoms with Gasteiger partial charge in [-0.15, -0.1) is 24.0 Å². The number of benzene rings is 1. The first-order valence-electron chi connectivity index (χ1n) is 8.63. The Bertz CT molecular complexity index is 577. The first kappa shape index (κ1) is 22.6. The average molecular weight is 478 g/mol. The number of amides is 1. The molecule has 1 fully saturated rings. The fourth-order valence-electron chi connectivity index (χ4n) is 2.80. The van der Waals surface area contributed by atoms with Crippen LogP contribution >= 0.6 is 24.0 Å². The van der Waals surface area contributed by atoms with Crippen molar-refractivity contribution in [3.8, 4) is 0 Å².